The molecule has 0 N–H and O–H groups in total. The van der Waals surface area contributed by atoms with Gasteiger partial charge in [0.2, 0.25) is 0 Å². The molecule has 0 saturated carbocycles. The minimum Gasteiger partial charge on any atom is -0.264 e. The smallest absolute Gasteiger partial charge is 0.0297 e. The Morgan fingerprint density at radius 3 is 1.23 bits per heavy atom. The number of aryl methyl sites for hydroxylation is 1. The molecular weight excluding hydrogens is 333 g/mol. The summed E-state index contributed by atoms with van der Waals surface area (Å²) < 4.78 is 0. The number of aromatic nitrogens is 1. The largest absolute Gasteiger partial charge is 0.264 e. The van der Waals surface area contributed by atoms with E-state index in [4.69, 9.17) is 0 Å². The van der Waals surface area contributed by atoms with Gasteiger partial charge in [0.15, 0.2) is 0 Å². The Labute approximate surface area is 157 Å². The molecule has 2 heteroatoms. The molecule has 4 aromatic rings. The highest BCUT2D eigenvalue weighted by atomic mass is 31.1. The van der Waals surface area contributed by atoms with Gasteiger partial charge < -0.3 is 0 Å². The van der Waals surface area contributed by atoms with Crippen LogP contribution in [0.3, 0.4) is 0 Å². The van der Waals surface area contributed by atoms with Crippen LogP contribution >= 0.6 is 7.92 Å². The molecule has 0 aliphatic heterocycles. The number of hydrogen-bond donors (Lipinski definition) is 0. The maximum atomic E-state index is 3.88. The molecule has 1 nitrogen and oxygen atoms in total. The molecule has 128 valence electrons. The first kappa shape index (κ1) is 18.0. The normalized spacial score (nSPS) is 10.1. The van der Waals surface area contributed by atoms with Gasteiger partial charge in [-0.2, -0.15) is 0 Å². The molecule has 0 aliphatic rings. The zero-order chi connectivity index (χ0) is 18.0. The van der Waals surface area contributed by atoms with Crippen LogP contribution in [-0.2, 0) is 0 Å². The van der Waals surface area contributed by atoms with Gasteiger partial charge in [0.25, 0.3) is 0 Å². The van der Waals surface area contributed by atoms with Crippen molar-refractivity contribution >= 4 is 23.8 Å². The average Bonchev–Trinajstić information content (AvgIpc) is 2.72. The average molecular weight is 355 g/mol. The van der Waals surface area contributed by atoms with Crippen LogP contribution in [0.2, 0.25) is 0 Å². The molecule has 1 heterocycles. The molecule has 0 amide bonds. The lowest BCUT2D eigenvalue weighted by atomic mass is 10.3. The summed E-state index contributed by atoms with van der Waals surface area (Å²) in [7, 11) is -0.446. The van der Waals surface area contributed by atoms with Crippen molar-refractivity contribution in [2.24, 2.45) is 0 Å². The molecule has 0 atom stereocenters. The van der Waals surface area contributed by atoms with Gasteiger partial charge in [-0.05, 0) is 42.4 Å². The van der Waals surface area contributed by atoms with Crippen LogP contribution in [0.1, 0.15) is 5.56 Å². The first-order valence-corrected chi connectivity index (χ1v) is 10.0. The van der Waals surface area contributed by atoms with E-state index in [-0.39, 0.29) is 0 Å². The lowest BCUT2D eigenvalue weighted by molar-refractivity contribution is 1.27. The van der Waals surface area contributed by atoms with Crippen molar-refractivity contribution in [3.05, 3.63) is 121 Å². The SMILES string of the molecule is Cc1cccnc1.c1ccc(P(c2ccccc2)c2ccccc2)cc1. The molecule has 1 aromatic heterocycles. The minimum atomic E-state index is -0.446. The fraction of sp³-hybridized carbons (Fsp3) is 0.0417. The number of rotatable bonds is 3. The molecule has 26 heavy (non-hydrogen) atoms. The standard InChI is InChI=1S/C18H15P.C6H7N/c1-4-10-16(11-5-1)19(17-12-6-2-7-13-17)18-14-8-3-9-15-18;1-6-3-2-4-7-5-6/h1-15H;2-5H,1H3. The number of nitrogens with zero attached hydrogens (tertiary/aromatic N) is 1. The van der Waals surface area contributed by atoms with Crippen molar-refractivity contribution in [3.8, 4) is 0 Å². The molecule has 0 aliphatic carbocycles. The van der Waals surface area contributed by atoms with E-state index in [2.05, 4.69) is 96.0 Å². The maximum absolute atomic E-state index is 3.88. The fourth-order valence-electron chi connectivity index (χ4n) is 2.63. The zero-order valence-electron chi connectivity index (χ0n) is 14.9. The van der Waals surface area contributed by atoms with Crippen molar-refractivity contribution < 1.29 is 0 Å². The van der Waals surface area contributed by atoms with Crippen molar-refractivity contribution in [2.45, 2.75) is 6.92 Å². The number of pyridine rings is 1. The molecule has 4 rings (SSSR count). The first-order valence-electron chi connectivity index (χ1n) is 8.66. The van der Waals surface area contributed by atoms with E-state index in [1.807, 2.05) is 25.3 Å². The van der Waals surface area contributed by atoms with Crippen LogP contribution in [0.5, 0.6) is 0 Å². The molecule has 0 radical (unpaired) electrons. The fourth-order valence-corrected chi connectivity index (χ4v) is 4.93. The highest BCUT2D eigenvalue weighted by Gasteiger charge is 2.14. The Balaban J connectivity index is 0.000000236. The van der Waals surface area contributed by atoms with Gasteiger partial charge in [0.05, 0.1) is 0 Å². The first-order chi connectivity index (χ1) is 12.8. The van der Waals surface area contributed by atoms with E-state index in [9.17, 15) is 0 Å². The zero-order valence-corrected chi connectivity index (χ0v) is 15.8. The molecule has 0 saturated heterocycles. The second-order valence-corrected chi connectivity index (χ2v) is 8.09. The van der Waals surface area contributed by atoms with Crippen LogP contribution in [0, 0.1) is 6.92 Å². The molecular formula is C24H22NP. The summed E-state index contributed by atoms with van der Waals surface area (Å²) in [6.45, 7) is 2.02. The van der Waals surface area contributed by atoms with E-state index in [0.717, 1.165) is 0 Å². The van der Waals surface area contributed by atoms with E-state index < -0.39 is 7.92 Å². The van der Waals surface area contributed by atoms with E-state index in [1.54, 1.807) is 6.20 Å². The molecule has 0 unspecified atom stereocenters. The van der Waals surface area contributed by atoms with Crippen molar-refractivity contribution in [2.75, 3.05) is 0 Å². The van der Waals surface area contributed by atoms with Crippen molar-refractivity contribution in [3.63, 3.8) is 0 Å². The third-order valence-electron chi connectivity index (χ3n) is 3.85. The van der Waals surface area contributed by atoms with Crippen LogP contribution < -0.4 is 15.9 Å². The second kappa shape index (κ2) is 9.65. The Morgan fingerprint density at radius 1 is 0.538 bits per heavy atom. The summed E-state index contributed by atoms with van der Waals surface area (Å²) in [6, 6.07) is 36.3. The minimum absolute atomic E-state index is 0.446. The van der Waals surface area contributed by atoms with Gasteiger partial charge >= 0.3 is 0 Å². The van der Waals surface area contributed by atoms with Gasteiger partial charge in [-0.15, -0.1) is 0 Å². The Morgan fingerprint density at radius 2 is 0.962 bits per heavy atom. The van der Waals surface area contributed by atoms with Gasteiger partial charge in [0.1, 0.15) is 0 Å². The summed E-state index contributed by atoms with van der Waals surface area (Å²) in [5.41, 5.74) is 1.21. The Hall–Kier alpha value is -2.76. The molecule has 0 spiro atoms. The van der Waals surface area contributed by atoms with Gasteiger partial charge in [0, 0.05) is 12.4 Å². The molecule has 0 fully saturated rings. The Kier molecular flexibility index (Phi) is 6.70. The van der Waals surface area contributed by atoms with Crippen LogP contribution in [-0.4, -0.2) is 4.98 Å². The lowest BCUT2D eigenvalue weighted by Gasteiger charge is -2.18. The summed E-state index contributed by atoms with van der Waals surface area (Å²) in [5, 5.41) is 4.19. The van der Waals surface area contributed by atoms with Crippen LogP contribution in [0.4, 0.5) is 0 Å². The van der Waals surface area contributed by atoms with Crippen molar-refractivity contribution in [1.82, 2.24) is 4.98 Å². The van der Waals surface area contributed by atoms with Gasteiger partial charge in [-0.25, -0.2) is 0 Å². The maximum Gasteiger partial charge on any atom is 0.0297 e. The second-order valence-electron chi connectivity index (χ2n) is 5.87. The number of hydrogen-bond acceptors (Lipinski definition) is 1. The predicted octanol–water partition coefficient (Wildman–Crippen LogP) is 4.83. The van der Waals surface area contributed by atoms with E-state index in [1.165, 1.54) is 21.5 Å². The highest BCUT2D eigenvalue weighted by molar-refractivity contribution is 7.79. The van der Waals surface area contributed by atoms with Gasteiger partial charge in [-0.3, -0.25) is 4.98 Å². The van der Waals surface area contributed by atoms with Crippen LogP contribution in [0.25, 0.3) is 0 Å². The highest BCUT2D eigenvalue weighted by Crippen LogP contribution is 2.32. The third kappa shape index (κ3) is 5.12. The summed E-state index contributed by atoms with van der Waals surface area (Å²) in [5.74, 6) is 0. The summed E-state index contributed by atoms with van der Waals surface area (Å²) in [6.07, 6.45) is 3.60. The Bertz CT molecular complexity index is 784. The van der Waals surface area contributed by atoms with E-state index >= 15 is 0 Å². The lowest BCUT2D eigenvalue weighted by Crippen LogP contribution is -2.20. The van der Waals surface area contributed by atoms with Gasteiger partial charge in [-0.1, -0.05) is 97.1 Å². The third-order valence-corrected chi connectivity index (χ3v) is 6.30. The molecule has 3 aromatic carbocycles. The quantitative estimate of drug-likeness (QED) is 0.480. The topological polar surface area (TPSA) is 12.9 Å². The van der Waals surface area contributed by atoms with Crippen molar-refractivity contribution in [1.29, 1.82) is 0 Å². The van der Waals surface area contributed by atoms with Crippen LogP contribution in [0.15, 0.2) is 116 Å². The number of benzene rings is 3. The summed E-state index contributed by atoms with van der Waals surface area (Å²) >= 11 is 0. The van der Waals surface area contributed by atoms with E-state index in [0.29, 0.717) is 0 Å². The monoisotopic (exact) mass is 355 g/mol. The summed E-state index contributed by atoms with van der Waals surface area (Å²) in [4.78, 5) is 3.88. The molecule has 0 bridgehead atoms. The predicted molar refractivity (Wildman–Crippen MR) is 114 cm³/mol.